The lowest BCUT2D eigenvalue weighted by atomic mass is 10.2. The number of hydrogen-bond donors (Lipinski definition) is 1. The number of hydroxylamine groups is 1. The number of rotatable bonds is 6. The van der Waals surface area contributed by atoms with Crippen LogP contribution in [0, 0.1) is 5.92 Å². The number of ether oxygens (including phenoxy) is 1. The number of carbonyl (C=O) groups is 1. The maximum Gasteiger partial charge on any atom is 0.373 e. The number of furan rings is 1. The summed E-state index contributed by atoms with van der Waals surface area (Å²) < 4.78 is 9.75. The Labute approximate surface area is 94.7 Å². The molecule has 0 spiro atoms. The SMILES string of the molecule is COC(=O)c1ccc(CNOCC(C)C)o1. The molecule has 0 atom stereocenters. The van der Waals surface area contributed by atoms with Crippen molar-refractivity contribution in [2.45, 2.75) is 20.4 Å². The van der Waals surface area contributed by atoms with Gasteiger partial charge in [0.25, 0.3) is 0 Å². The van der Waals surface area contributed by atoms with Crippen LogP contribution in [0.2, 0.25) is 0 Å². The summed E-state index contributed by atoms with van der Waals surface area (Å²) in [7, 11) is 1.31. The first-order valence-electron chi connectivity index (χ1n) is 5.15. The molecule has 5 nitrogen and oxygen atoms in total. The molecular weight excluding hydrogens is 210 g/mol. The molecule has 1 aromatic heterocycles. The maximum absolute atomic E-state index is 11.1. The fourth-order valence-electron chi connectivity index (χ4n) is 1.03. The van der Waals surface area contributed by atoms with E-state index in [0.29, 0.717) is 24.8 Å². The van der Waals surface area contributed by atoms with Crippen molar-refractivity contribution < 1.29 is 18.8 Å². The number of methoxy groups -OCH3 is 1. The molecule has 1 aromatic rings. The summed E-state index contributed by atoms with van der Waals surface area (Å²) in [6, 6.07) is 3.28. The van der Waals surface area contributed by atoms with Gasteiger partial charge in [0.2, 0.25) is 5.76 Å². The van der Waals surface area contributed by atoms with E-state index in [4.69, 9.17) is 9.25 Å². The Kier molecular flexibility index (Phi) is 5.01. The van der Waals surface area contributed by atoms with Gasteiger partial charge in [-0.15, -0.1) is 0 Å². The Balaban J connectivity index is 2.32. The quantitative estimate of drug-likeness (QED) is 0.455. The minimum atomic E-state index is -0.477. The molecule has 90 valence electrons. The van der Waals surface area contributed by atoms with E-state index in [2.05, 4.69) is 24.1 Å². The molecule has 0 saturated carbocycles. The van der Waals surface area contributed by atoms with Crippen molar-refractivity contribution in [3.63, 3.8) is 0 Å². The van der Waals surface area contributed by atoms with Gasteiger partial charge < -0.3 is 14.0 Å². The molecule has 0 aliphatic heterocycles. The highest BCUT2D eigenvalue weighted by Crippen LogP contribution is 2.08. The summed E-state index contributed by atoms with van der Waals surface area (Å²) in [4.78, 5) is 16.2. The monoisotopic (exact) mass is 227 g/mol. The van der Waals surface area contributed by atoms with Gasteiger partial charge >= 0.3 is 5.97 Å². The first kappa shape index (κ1) is 12.7. The topological polar surface area (TPSA) is 60.7 Å². The van der Waals surface area contributed by atoms with Gasteiger partial charge in [-0.25, -0.2) is 4.79 Å². The van der Waals surface area contributed by atoms with Gasteiger partial charge in [0, 0.05) is 0 Å². The van der Waals surface area contributed by atoms with Gasteiger partial charge in [-0.2, -0.15) is 5.48 Å². The van der Waals surface area contributed by atoms with Crippen LogP contribution >= 0.6 is 0 Å². The highest BCUT2D eigenvalue weighted by Gasteiger charge is 2.10. The van der Waals surface area contributed by atoms with Crippen LogP contribution in [0.1, 0.15) is 30.2 Å². The standard InChI is InChI=1S/C11H17NO4/c1-8(2)7-15-12-6-9-4-5-10(16-9)11(13)14-3/h4-5,8,12H,6-7H2,1-3H3. The van der Waals surface area contributed by atoms with Gasteiger partial charge in [0.15, 0.2) is 0 Å². The van der Waals surface area contributed by atoms with Crippen molar-refractivity contribution in [3.05, 3.63) is 23.7 Å². The fourth-order valence-corrected chi connectivity index (χ4v) is 1.03. The molecular formula is C11H17NO4. The van der Waals surface area contributed by atoms with Crippen molar-refractivity contribution in [3.8, 4) is 0 Å². The molecule has 0 bridgehead atoms. The molecule has 0 unspecified atom stereocenters. The lowest BCUT2D eigenvalue weighted by Crippen LogP contribution is -2.17. The highest BCUT2D eigenvalue weighted by atomic mass is 16.6. The molecule has 16 heavy (non-hydrogen) atoms. The fraction of sp³-hybridized carbons (Fsp3) is 0.545. The zero-order valence-corrected chi connectivity index (χ0v) is 9.78. The van der Waals surface area contributed by atoms with Crippen molar-refractivity contribution in [2.75, 3.05) is 13.7 Å². The molecule has 1 N–H and O–H groups in total. The summed E-state index contributed by atoms with van der Waals surface area (Å²) >= 11 is 0. The Morgan fingerprint density at radius 3 is 2.88 bits per heavy atom. The van der Waals surface area contributed by atoms with E-state index in [1.165, 1.54) is 7.11 Å². The van der Waals surface area contributed by atoms with Gasteiger partial charge in [-0.1, -0.05) is 13.8 Å². The Morgan fingerprint density at radius 1 is 1.50 bits per heavy atom. The summed E-state index contributed by atoms with van der Waals surface area (Å²) in [5.74, 6) is 0.816. The van der Waals surface area contributed by atoms with Crippen LogP contribution in [0.4, 0.5) is 0 Å². The first-order valence-corrected chi connectivity index (χ1v) is 5.15. The van der Waals surface area contributed by atoms with Gasteiger partial charge in [0.05, 0.1) is 20.3 Å². The first-order chi connectivity index (χ1) is 7.63. The normalized spacial score (nSPS) is 10.8. The minimum Gasteiger partial charge on any atom is -0.463 e. The smallest absolute Gasteiger partial charge is 0.373 e. The van der Waals surface area contributed by atoms with E-state index in [-0.39, 0.29) is 5.76 Å². The van der Waals surface area contributed by atoms with Crippen LogP contribution in [0.25, 0.3) is 0 Å². The lowest BCUT2D eigenvalue weighted by molar-refractivity contribution is 0.0161. The van der Waals surface area contributed by atoms with Crippen LogP contribution in [-0.2, 0) is 16.1 Å². The molecule has 5 heteroatoms. The minimum absolute atomic E-state index is 0.197. The second-order valence-corrected chi connectivity index (χ2v) is 3.78. The Hall–Kier alpha value is -1.33. The largest absolute Gasteiger partial charge is 0.463 e. The zero-order chi connectivity index (χ0) is 12.0. The third-order valence-electron chi connectivity index (χ3n) is 1.81. The van der Waals surface area contributed by atoms with Crippen molar-refractivity contribution in [1.82, 2.24) is 5.48 Å². The third-order valence-corrected chi connectivity index (χ3v) is 1.81. The average Bonchev–Trinajstić information content (AvgIpc) is 2.71. The third kappa shape index (κ3) is 4.04. The Morgan fingerprint density at radius 2 is 2.25 bits per heavy atom. The number of hydrogen-bond acceptors (Lipinski definition) is 5. The number of esters is 1. The summed E-state index contributed by atoms with van der Waals surface area (Å²) in [6.07, 6.45) is 0. The van der Waals surface area contributed by atoms with Crippen LogP contribution in [0.15, 0.2) is 16.5 Å². The van der Waals surface area contributed by atoms with Crippen LogP contribution in [0.3, 0.4) is 0 Å². The summed E-state index contributed by atoms with van der Waals surface area (Å²) in [5.41, 5.74) is 2.76. The van der Waals surface area contributed by atoms with Gasteiger partial charge in [-0.05, 0) is 18.1 Å². The van der Waals surface area contributed by atoms with E-state index in [9.17, 15) is 4.79 Å². The molecule has 1 rings (SSSR count). The van der Waals surface area contributed by atoms with Crippen molar-refractivity contribution in [2.24, 2.45) is 5.92 Å². The van der Waals surface area contributed by atoms with Crippen LogP contribution < -0.4 is 5.48 Å². The van der Waals surface area contributed by atoms with Gasteiger partial charge in [0.1, 0.15) is 5.76 Å². The predicted molar refractivity (Wildman–Crippen MR) is 57.7 cm³/mol. The molecule has 0 amide bonds. The number of nitrogens with one attached hydrogen (secondary N) is 1. The Bertz CT molecular complexity index is 332. The molecule has 0 aliphatic carbocycles. The zero-order valence-electron chi connectivity index (χ0n) is 9.78. The number of carbonyl (C=O) groups excluding carboxylic acids is 1. The molecule has 1 heterocycles. The van der Waals surface area contributed by atoms with Gasteiger partial charge in [-0.3, -0.25) is 0 Å². The van der Waals surface area contributed by atoms with E-state index in [1.54, 1.807) is 12.1 Å². The highest BCUT2D eigenvalue weighted by molar-refractivity contribution is 5.86. The predicted octanol–water partition coefficient (Wildman–Crippen LogP) is 1.74. The second-order valence-electron chi connectivity index (χ2n) is 3.78. The van der Waals surface area contributed by atoms with E-state index < -0.39 is 5.97 Å². The van der Waals surface area contributed by atoms with Crippen LogP contribution in [-0.4, -0.2) is 19.7 Å². The summed E-state index contributed by atoms with van der Waals surface area (Å²) in [5, 5.41) is 0. The van der Waals surface area contributed by atoms with E-state index in [1.807, 2.05) is 0 Å². The molecule has 0 aliphatic rings. The lowest BCUT2D eigenvalue weighted by Gasteiger charge is -2.06. The maximum atomic E-state index is 11.1. The summed E-state index contributed by atoms with van der Waals surface area (Å²) in [6.45, 7) is 5.17. The second kappa shape index (κ2) is 6.30. The molecule has 0 radical (unpaired) electrons. The molecule has 0 fully saturated rings. The molecule has 0 saturated heterocycles. The van der Waals surface area contributed by atoms with Crippen LogP contribution in [0.5, 0.6) is 0 Å². The van der Waals surface area contributed by atoms with E-state index in [0.717, 1.165) is 0 Å². The average molecular weight is 227 g/mol. The molecule has 0 aromatic carbocycles. The van der Waals surface area contributed by atoms with Crippen molar-refractivity contribution >= 4 is 5.97 Å². The van der Waals surface area contributed by atoms with E-state index >= 15 is 0 Å². The van der Waals surface area contributed by atoms with Crippen molar-refractivity contribution in [1.29, 1.82) is 0 Å².